The Labute approximate surface area is 219 Å². The Balaban J connectivity index is 1.71. The third-order valence-corrected chi connectivity index (χ3v) is 6.94. The number of nitrogens with zero attached hydrogens (tertiary/aromatic N) is 2. The fourth-order valence-electron chi connectivity index (χ4n) is 5.04. The van der Waals surface area contributed by atoms with Crippen LogP contribution in [0.1, 0.15) is 35.9 Å². The van der Waals surface area contributed by atoms with Crippen LogP contribution >= 0.6 is 11.6 Å². The number of carbonyl (C=O) groups is 2. The number of anilines is 2. The zero-order valence-electron chi connectivity index (χ0n) is 19.5. The first-order chi connectivity index (χ1) is 18.0. The molecule has 7 nitrogen and oxygen atoms in total. The minimum Gasteiger partial charge on any atom is -0.357 e. The first kappa shape index (κ1) is 25.5. The lowest BCUT2D eigenvalue weighted by molar-refractivity contribution is -0.384. The summed E-state index contributed by atoms with van der Waals surface area (Å²) in [6.07, 6.45) is -5.13. The Bertz CT molecular complexity index is 1490. The van der Waals surface area contributed by atoms with E-state index in [0.717, 1.165) is 0 Å². The molecule has 2 atom stereocenters. The molecular formula is C27H19ClF3N3O4. The maximum absolute atomic E-state index is 13.9. The summed E-state index contributed by atoms with van der Waals surface area (Å²) in [6, 6.07) is 16.5. The van der Waals surface area contributed by atoms with Crippen LogP contribution in [0.3, 0.4) is 0 Å². The molecule has 0 saturated carbocycles. The maximum atomic E-state index is 13.9. The van der Waals surface area contributed by atoms with E-state index in [1.165, 1.54) is 60.7 Å². The van der Waals surface area contributed by atoms with Gasteiger partial charge in [-0.2, -0.15) is 13.2 Å². The molecule has 0 aromatic heterocycles. The number of hydrogen-bond acceptors (Lipinski definition) is 5. The van der Waals surface area contributed by atoms with Crippen molar-refractivity contribution in [1.29, 1.82) is 0 Å². The minimum atomic E-state index is -5.22. The summed E-state index contributed by atoms with van der Waals surface area (Å²) in [5.74, 6) is -3.05. The topological polar surface area (TPSA) is 92.5 Å². The lowest BCUT2D eigenvalue weighted by atomic mass is 9.78. The first-order valence-corrected chi connectivity index (χ1v) is 11.9. The molecule has 1 aliphatic heterocycles. The fraction of sp³-hybridized carbons (Fsp3) is 0.185. The predicted molar refractivity (Wildman–Crippen MR) is 135 cm³/mol. The molecule has 3 aromatic carbocycles. The molecule has 1 heterocycles. The Morgan fingerprint density at radius 2 is 1.71 bits per heavy atom. The molecule has 1 N–H and O–H groups in total. The maximum Gasteiger partial charge on any atom is 0.471 e. The quantitative estimate of drug-likeness (QED) is 0.294. The van der Waals surface area contributed by atoms with Gasteiger partial charge in [0.15, 0.2) is 5.78 Å². The lowest BCUT2D eigenvalue weighted by Crippen LogP contribution is -2.45. The number of amides is 1. The highest BCUT2D eigenvalue weighted by Crippen LogP contribution is 2.48. The Kier molecular flexibility index (Phi) is 6.44. The van der Waals surface area contributed by atoms with Crippen LogP contribution in [0, 0.1) is 10.1 Å². The lowest BCUT2D eigenvalue weighted by Gasteiger charge is -2.35. The van der Waals surface area contributed by atoms with Gasteiger partial charge in [0, 0.05) is 34.8 Å². The molecule has 0 spiro atoms. The van der Waals surface area contributed by atoms with Gasteiger partial charge in [0.25, 0.3) is 5.69 Å². The Morgan fingerprint density at radius 1 is 1.00 bits per heavy atom. The number of ketones is 1. The summed E-state index contributed by atoms with van der Waals surface area (Å²) in [5.41, 5.74) is 1.27. The molecule has 0 saturated heterocycles. The van der Waals surface area contributed by atoms with Crippen LogP contribution in [0.2, 0.25) is 5.02 Å². The predicted octanol–water partition coefficient (Wildman–Crippen LogP) is 6.71. The Hall–Kier alpha value is -4.18. The van der Waals surface area contributed by atoms with Crippen LogP contribution in [0.5, 0.6) is 0 Å². The van der Waals surface area contributed by atoms with Crippen molar-refractivity contribution in [3.05, 3.63) is 110 Å². The van der Waals surface area contributed by atoms with Gasteiger partial charge in [-0.1, -0.05) is 48.0 Å². The van der Waals surface area contributed by atoms with Gasteiger partial charge in [-0.05, 0) is 47.7 Å². The molecule has 0 radical (unpaired) electrons. The van der Waals surface area contributed by atoms with E-state index in [0.29, 0.717) is 21.2 Å². The molecule has 0 bridgehead atoms. The van der Waals surface area contributed by atoms with E-state index in [1.54, 1.807) is 12.1 Å². The van der Waals surface area contributed by atoms with Gasteiger partial charge in [-0.15, -0.1) is 0 Å². The summed E-state index contributed by atoms with van der Waals surface area (Å²) in [4.78, 5) is 38.0. The van der Waals surface area contributed by atoms with Crippen molar-refractivity contribution < 1.29 is 27.7 Å². The molecule has 1 amide bonds. The van der Waals surface area contributed by atoms with Crippen molar-refractivity contribution in [2.75, 3.05) is 10.2 Å². The zero-order valence-corrected chi connectivity index (χ0v) is 20.3. The molecule has 5 rings (SSSR count). The largest absolute Gasteiger partial charge is 0.471 e. The highest BCUT2D eigenvalue weighted by molar-refractivity contribution is 6.30. The Morgan fingerprint density at radius 3 is 2.39 bits per heavy atom. The van der Waals surface area contributed by atoms with Crippen LogP contribution < -0.4 is 10.2 Å². The first-order valence-electron chi connectivity index (χ1n) is 11.6. The van der Waals surface area contributed by atoms with E-state index in [2.05, 4.69) is 5.32 Å². The standard InChI is InChI=1S/C27H19ClF3N3O4/c28-18-10-8-15(9-11-18)25-24-21(13-17(14-23(24)35)16-4-3-5-19(12-16)34(37)38)32-20-6-1-2-7-22(20)33(25)26(36)27(29,30)31/h1-12,17,25,32H,13-14H2/t17-,25+/m0/s1. The highest BCUT2D eigenvalue weighted by Gasteiger charge is 2.50. The van der Waals surface area contributed by atoms with Crippen LogP contribution in [0.4, 0.5) is 30.2 Å². The third kappa shape index (κ3) is 4.63. The molecule has 194 valence electrons. The van der Waals surface area contributed by atoms with E-state index < -0.39 is 34.7 Å². The van der Waals surface area contributed by atoms with Crippen LogP contribution in [0.15, 0.2) is 84.1 Å². The van der Waals surface area contributed by atoms with Crippen LogP contribution in [0.25, 0.3) is 0 Å². The molecule has 3 aromatic rings. The summed E-state index contributed by atoms with van der Waals surface area (Å²) in [5, 5.41) is 14.7. The number of allylic oxidation sites excluding steroid dienone is 1. The minimum absolute atomic E-state index is 0.0304. The normalized spacial score (nSPS) is 19.3. The van der Waals surface area contributed by atoms with E-state index in [1.807, 2.05) is 0 Å². The van der Waals surface area contributed by atoms with Gasteiger partial charge in [-0.3, -0.25) is 24.6 Å². The average molecular weight is 542 g/mol. The van der Waals surface area contributed by atoms with Gasteiger partial charge < -0.3 is 5.32 Å². The number of non-ortho nitro benzene ring substituents is 1. The van der Waals surface area contributed by atoms with Gasteiger partial charge in [0.1, 0.15) is 0 Å². The van der Waals surface area contributed by atoms with Crippen molar-refractivity contribution >= 4 is 40.4 Å². The summed E-state index contributed by atoms with van der Waals surface area (Å²) in [6.45, 7) is 0. The molecule has 11 heteroatoms. The number of fused-ring (bicyclic) bond motifs is 1. The summed E-state index contributed by atoms with van der Waals surface area (Å²) < 4.78 is 41.8. The highest BCUT2D eigenvalue weighted by atomic mass is 35.5. The van der Waals surface area contributed by atoms with E-state index in [-0.39, 0.29) is 41.0 Å². The number of hydrogen-bond donors (Lipinski definition) is 1. The average Bonchev–Trinajstić information content (AvgIpc) is 3.03. The van der Waals surface area contributed by atoms with Gasteiger partial charge in [0.05, 0.1) is 22.3 Å². The smallest absolute Gasteiger partial charge is 0.357 e. The number of carbonyl (C=O) groups excluding carboxylic acids is 2. The van der Waals surface area contributed by atoms with E-state index in [4.69, 9.17) is 11.6 Å². The summed E-state index contributed by atoms with van der Waals surface area (Å²) in [7, 11) is 0. The second-order valence-corrected chi connectivity index (χ2v) is 9.48. The third-order valence-electron chi connectivity index (χ3n) is 6.69. The number of nitro groups is 1. The number of alkyl halides is 3. The number of halogens is 4. The number of nitrogens with one attached hydrogen (secondary N) is 1. The SMILES string of the molecule is O=C1C[C@@H](c2cccc([N+](=O)[O-])c2)CC2=C1[C@@H](c1ccc(Cl)cc1)N(C(=O)C(F)(F)F)c1ccccc1N2. The second kappa shape index (κ2) is 9.60. The van der Waals surface area contributed by atoms with Crippen molar-refractivity contribution in [1.82, 2.24) is 0 Å². The molecule has 38 heavy (non-hydrogen) atoms. The molecule has 0 fully saturated rings. The zero-order chi connectivity index (χ0) is 27.2. The van der Waals surface area contributed by atoms with Gasteiger partial charge >= 0.3 is 12.1 Å². The number of Topliss-reactive ketones (excluding diaryl/α,β-unsaturated/α-hetero) is 1. The van der Waals surface area contributed by atoms with Crippen molar-refractivity contribution in [3.63, 3.8) is 0 Å². The molecular weight excluding hydrogens is 523 g/mol. The number of rotatable bonds is 3. The second-order valence-electron chi connectivity index (χ2n) is 9.04. The van der Waals surface area contributed by atoms with E-state index in [9.17, 15) is 32.9 Å². The summed E-state index contributed by atoms with van der Waals surface area (Å²) >= 11 is 6.02. The molecule has 0 unspecified atom stereocenters. The molecule has 1 aliphatic carbocycles. The number of nitro benzene ring substituents is 1. The van der Waals surface area contributed by atoms with Crippen LogP contribution in [-0.4, -0.2) is 22.8 Å². The van der Waals surface area contributed by atoms with Crippen molar-refractivity contribution in [2.24, 2.45) is 0 Å². The number of benzene rings is 3. The number of para-hydroxylation sites is 2. The van der Waals surface area contributed by atoms with Crippen LogP contribution in [-0.2, 0) is 9.59 Å². The van der Waals surface area contributed by atoms with Gasteiger partial charge in [0.2, 0.25) is 0 Å². The fourth-order valence-corrected chi connectivity index (χ4v) is 5.16. The van der Waals surface area contributed by atoms with E-state index >= 15 is 0 Å². The van der Waals surface area contributed by atoms with Gasteiger partial charge in [-0.25, -0.2) is 0 Å². The van der Waals surface area contributed by atoms with Crippen molar-refractivity contribution in [2.45, 2.75) is 31.0 Å². The monoisotopic (exact) mass is 541 g/mol. The molecule has 2 aliphatic rings. The van der Waals surface area contributed by atoms with Crippen molar-refractivity contribution in [3.8, 4) is 0 Å².